The van der Waals surface area contributed by atoms with Crippen LogP contribution in [0, 0.1) is 5.92 Å². The first-order valence-electron chi connectivity index (χ1n) is 8.51. The first kappa shape index (κ1) is 17.1. The Morgan fingerprint density at radius 2 is 2.12 bits per heavy atom. The number of nitrogens with one attached hydrogen (secondary N) is 2. The van der Waals surface area contributed by atoms with E-state index >= 15 is 0 Å². The predicted octanol–water partition coefficient (Wildman–Crippen LogP) is 0.957. The number of carbonyl (C=O) groups excluding carboxylic acids is 2. The molecule has 1 aliphatic rings. The number of amides is 1. The molecule has 2 N–H and O–H groups in total. The average Bonchev–Trinajstić information content (AvgIpc) is 3.11. The number of anilines is 1. The highest BCUT2D eigenvalue weighted by Gasteiger charge is 2.27. The number of ether oxygens (including phenoxy) is 1. The van der Waals surface area contributed by atoms with Crippen LogP contribution >= 0.6 is 0 Å². The smallest absolute Gasteiger partial charge is 0.309 e. The highest BCUT2D eigenvalue weighted by Crippen LogP contribution is 2.19. The van der Waals surface area contributed by atoms with Crippen LogP contribution in [0.5, 0.6) is 0 Å². The molecule has 9 nitrogen and oxygen atoms in total. The summed E-state index contributed by atoms with van der Waals surface area (Å²) in [5, 5.41) is 3.14. The molecular formula is C16H22N6O3. The van der Waals surface area contributed by atoms with Crippen molar-refractivity contribution < 1.29 is 14.3 Å². The first-order chi connectivity index (χ1) is 12.2. The summed E-state index contributed by atoms with van der Waals surface area (Å²) < 4.78 is 5.05. The lowest BCUT2D eigenvalue weighted by Crippen LogP contribution is -2.41. The van der Waals surface area contributed by atoms with Gasteiger partial charge in [-0.25, -0.2) is 15.0 Å². The van der Waals surface area contributed by atoms with Gasteiger partial charge < -0.3 is 19.9 Å². The molecule has 1 amide bonds. The number of carbonyl (C=O) groups is 2. The van der Waals surface area contributed by atoms with Gasteiger partial charge in [0.2, 0.25) is 5.91 Å². The molecule has 0 aliphatic carbocycles. The van der Waals surface area contributed by atoms with Gasteiger partial charge in [0.05, 0.1) is 18.9 Å². The fraction of sp³-hybridized carbons (Fsp3) is 0.562. The number of nitrogens with zero attached hydrogens (tertiary/aromatic N) is 4. The van der Waals surface area contributed by atoms with E-state index in [4.69, 9.17) is 4.74 Å². The van der Waals surface area contributed by atoms with Gasteiger partial charge in [-0.05, 0) is 19.8 Å². The standard InChI is InChI=1S/C16H22N6O3/c1-2-25-16(24)11-4-7-22(8-5-11)12(23)3-6-17-14-13-15(19-9-18-13)21-10-20-14/h9-11H,2-8H2,1H3,(H2,17,18,19,20,21). The zero-order valence-corrected chi connectivity index (χ0v) is 14.2. The first-order valence-corrected chi connectivity index (χ1v) is 8.51. The van der Waals surface area contributed by atoms with E-state index in [1.807, 2.05) is 4.90 Å². The van der Waals surface area contributed by atoms with Crippen LogP contribution in [0.1, 0.15) is 26.2 Å². The lowest BCUT2D eigenvalue weighted by atomic mass is 9.97. The Labute approximate surface area is 145 Å². The summed E-state index contributed by atoms with van der Waals surface area (Å²) in [5.74, 6) is 0.474. The number of imidazole rings is 1. The van der Waals surface area contributed by atoms with Crippen molar-refractivity contribution >= 4 is 28.9 Å². The molecule has 2 aromatic heterocycles. The van der Waals surface area contributed by atoms with Crippen LogP contribution in [0.4, 0.5) is 5.82 Å². The van der Waals surface area contributed by atoms with E-state index in [0.717, 1.165) is 5.52 Å². The molecule has 1 fully saturated rings. The molecule has 3 heterocycles. The SMILES string of the molecule is CCOC(=O)C1CCN(C(=O)CCNc2ncnc3nc[nH]c23)CC1. The van der Waals surface area contributed by atoms with Crippen molar-refractivity contribution in [2.45, 2.75) is 26.2 Å². The summed E-state index contributed by atoms with van der Waals surface area (Å²) in [6, 6.07) is 0. The lowest BCUT2D eigenvalue weighted by molar-refractivity contribution is -0.151. The van der Waals surface area contributed by atoms with Gasteiger partial charge in [-0.2, -0.15) is 0 Å². The summed E-state index contributed by atoms with van der Waals surface area (Å²) in [7, 11) is 0. The number of aromatic amines is 1. The quantitative estimate of drug-likeness (QED) is 0.749. The molecule has 9 heteroatoms. The van der Waals surface area contributed by atoms with Crippen molar-refractivity contribution in [2.75, 3.05) is 31.6 Å². The Hall–Kier alpha value is -2.71. The summed E-state index contributed by atoms with van der Waals surface area (Å²) in [5.41, 5.74) is 1.31. The second-order valence-electron chi connectivity index (χ2n) is 5.91. The maximum atomic E-state index is 12.3. The molecule has 0 spiro atoms. The van der Waals surface area contributed by atoms with Gasteiger partial charge in [0.15, 0.2) is 11.5 Å². The van der Waals surface area contributed by atoms with Crippen molar-refractivity contribution in [1.29, 1.82) is 0 Å². The maximum absolute atomic E-state index is 12.3. The Kier molecular flexibility index (Phi) is 5.42. The molecule has 25 heavy (non-hydrogen) atoms. The van der Waals surface area contributed by atoms with Crippen molar-refractivity contribution in [2.24, 2.45) is 5.92 Å². The molecule has 3 rings (SSSR count). The maximum Gasteiger partial charge on any atom is 0.309 e. The second kappa shape index (κ2) is 7.91. The molecule has 0 aromatic carbocycles. The van der Waals surface area contributed by atoms with Gasteiger partial charge in [-0.15, -0.1) is 0 Å². The van der Waals surface area contributed by atoms with E-state index in [0.29, 0.717) is 57.0 Å². The number of hydrogen-bond acceptors (Lipinski definition) is 7. The number of H-pyrrole nitrogens is 1. The molecule has 134 valence electrons. The van der Waals surface area contributed by atoms with Crippen LogP contribution in [-0.2, 0) is 14.3 Å². The Morgan fingerprint density at radius 3 is 2.88 bits per heavy atom. The molecule has 2 aromatic rings. The normalized spacial score (nSPS) is 15.3. The minimum atomic E-state index is -0.149. The van der Waals surface area contributed by atoms with Gasteiger partial charge >= 0.3 is 5.97 Å². The molecule has 0 saturated carbocycles. The zero-order chi connectivity index (χ0) is 17.6. The lowest BCUT2D eigenvalue weighted by Gasteiger charge is -2.31. The van der Waals surface area contributed by atoms with Crippen molar-refractivity contribution in [3.8, 4) is 0 Å². The molecule has 1 saturated heterocycles. The third-order valence-corrected chi connectivity index (χ3v) is 4.32. The molecule has 0 atom stereocenters. The van der Waals surface area contributed by atoms with Crippen LogP contribution < -0.4 is 5.32 Å². The summed E-state index contributed by atoms with van der Waals surface area (Å²) in [6.45, 7) is 3.87. The summed E-state index contributed by atoms with van der Waals surface area (Å²) in [4.78, 5) is 41.1. The molecule has 0 unspecified atom stereocenters. The third kappa shape index (κ3) is 4.04. The fourth-order valence-electron chi connectivity index (χ4n) is 2.97. The van der Waals surface area contributed by atoms with E-state index < -0.39 is 0 Å². The fourth-order valence-corrected chi connectivity index (χ4v) is 2.97. The van der Waals surface area contributed by atoms with Gasteiger partial charge in [-0.3, -0.25) is 9.59 Å². The van der Waals surface area contributed by atoms with Gasteiger partial charge in [-0.1, -0.05) is 0 Å². The number of fused-ring (bicyclic) bond motifs is 1. The van der Waals surface area contributed by atoms with E-state index in [1.165, 1.54) is 6.33 Å². The second-order valence-corrected chi connectivity index (χ2v) is 5.91. The molecule has 0 radical (unpaired) electrons. The minimum Gasteiger partial charge on any atom is -0.466 e. The topological polar surface area (TPSA) is 113 Å². The van der Waals surface area contributed by atoms with Crippen LogP contribution in [0.25, 0.3) is 11.2 Å². The van der Waals surface area contributed by atoms with E-state index in [-0.39, 0.29) is 17.8 Å². The summed E-state index contributed by atoms with van der Waals surface area (Å²) in [6.07, 6.45) is 4.69. The number of esters is 1. The van der Waals surface area contributed by atoms with Gasteiger partial charge in [0.25, 0.3) is 0 Å². The number of piperidine rings is 1. The highest BCUT2D eigenvalue weighted by atomic mass is 16.5. The third-order valence-electron chi connectivity index (χ3n) is 4.32. The van der Waals surface area contributed by atoms with Crippen LogP contribution in [0.15, 0.2) is 12.7 Å². The molecule has 1 aliphatic heterocycles. The Morgan fingerprint density at radius 1 is 1.32 bits per heavy atom. The van der Waals surface area contributed by atoms with Gasteiger partial charge in [0, 0.05) is 26.1 Å². The number of rotatable bonds is 6. The van der Waals surface area contributed by atoms with E-state index in [1.54, 1.807) is 13.3 Å². The predicted molar refractivity (Wildman–Crippen MR) is 90.7 cm³/mol. The van der Waals surface area contributed by atoms with Crippen LogP contribution in [-0.4, -0.2) is 63.0 Å². The molecular weight excluding hydrogens is 324 g/mol. The van der Waals surface area contributed by atoms with Gasteiger partial charge in [0.1, 0.15) is 11.8 Å². The largest absolute Gasteiger partial charge is 0.466 e. The van der Waals surface area contributed by atoms with E-state index in [2.05, 4.69) is 25.3 Å². The average molecular weight is 346 g/mol. The number of aromatic nitrogens is 4. The van der Waals surface area contributed by atoms with Crippen molar-refractivity contribution in [3.05, 3.63) is 12.7 Å². The van der Waals surface area contributed by atoms with Crippen molar-refractivity contribution in [1.82, 2.24) is 24.8 Å². The summed E-state index contributed by atoms with van der Waals surface area (Å²) >= 11 is 0. The molecule has 0 bridgehead atoms. The highest BCUT2D eigenvalue weighted by molar-refractivity contribution is 5.82. The van der Waals surface area contributed by atoms with E-state index in [9.17, 15) is 9.59 Å². The number of hydrogen-bond donors (Lipinski definition) is 2. The Bertz CT molecular complexity index is 738. The number of likely N-dealkylation sites (tertiary alicyclic amines) is 1. The van der Waals surface area contributed by atoms with Crippen LogP contribution in [0.2, 0.25) is 0 Å². The van der Waals surface area contributed by atoms with Crippen molar-refractivity contribution in [3.63, 3.8) is 0 Å². The zero-order valence-electron chi connectivity index (χ0n) is 14.2. The monoisotopic (exact) mass is 346 g/mol. The minimum absolute atomic E-state index is 0.0738. The van der Waals surface area contributed by atoms with Crippen LogP contribution in [0.3, 0.4) is 0 Å². The Balaban J connectivity index is 1.44.